The van der Waals surface area contributed by atoms with Crippen molar-refractivity contribution in [1.29, 1.82) is 0 Å². The molecule has 0 aliphatic heterocycles. The molecule has 0 unspecified atom stereocenters. The van der Waals surface area contributed by atoms with Gasteiger partial charge >= 0.3 is 0 Å². The Morgan fingerprint density at radius 3 is 2.41 bits per heavy atom. The SMILES string of the molecule is COc1cc(C)ccc1C=Cc1ccccc1. The molecule has 0 bridgehead atoms. The van der Waals surface area contributed by atoms with Crippen LogP contribution >= 0.6 is 0 Å². The first-order valence-electron chi connectivity index (χ1n) is 5.67. The summed E-state index contributed by atoms with van der Waals surface area (Å²) in [6, 6.07) is 16.5. The third kappa shape index (κ3) is 2.97. The first kappa shape index (κ1) is 11.5. The van der Waals surface area contributed by atoms with Crippen molar-refractivity contribution in [3.05, 3.63) is 65.2 Å². The van der Waals surface area contributed by atoms with Gasteiger partial charge in [0.25, 0.3) is 0 Å². The second-order valence-corrected chi connectivity index (χ2v) is 3.99. The predicted molar refractivity (Wildman–Crippen MR) is 73.1 cm³/mol. The molecule has 0 saturated heterocycles. The van der Waals surface area contributed by atoms with Crippen molar-refractivity contribution in [2.75, 3.05) is 7.11 Å². The molecule has 0 heterocycles. The Morgan fingerprint density at radius 1 is 0.941 bits per heavy atom. The van der Waals surface area contributed by atoms with Crippen molar-refractivity contribution >= 4 is 12.2 Å². The van der Waals surface area contributed by atoms with Gasteiger partial charge in [-0.05, 0) is 24.1 Å². The molecule has 0 aliphatic rings. The fraction of sp³-hybridized carbons (Fsp3) is 0.125. The zero-order valence-corrected chi connectivity index (χ0v) is 10.2. The Kier molecular flexibility index (Phi) is 3.61. The smallest absolute Gasteiger partial charge is 0.126 e. The molecule has 0 spiro atoms. The zero-order valence-electron chi connectivity index (χ0n) is 10.2. The highest BCUT2D eigenvalue weighted by atomic mass is 16.5. The fourth-order valence-electron chi connectivity index (χ4n) is 1.71. The molecule has 2 aromatic rings. The average Bonchev–Trinajstić information content (AvgIpc) is 2.38. The minimum atomic E-state index is 0.914. The van der Waals surface area contributed by atoms with Gasteiger partial charge in [0.2, 0.25) is 0 Å². The summed E-state index contributed by atoms with van der Waals surface area (Å²) in [4.78, 5) is 0. The summed E-state index contributed by atoms with van der Waals surface area (Å²) in [7, 11) is 1.70. The van der Waals surface area contributed by atoms with E-state index in [2.05, 4.69) is 43.3 Å². The van der Waals surface area contributed by atoms with E-state index in [1.165, 1.54) is 11.1 Å². The quantitative estimate of drug-likeness (QED) is 0.711. The zero-order chi connectivity index (χ0) is 12.1. The second kappa shape index (κ2) is 5.35. The van der Waals surface area contributed by atoms with E-state index >= 15 is 0 Å². The molecule has 17 heavy (non-hydrogen) atoms. The van der Waals surface area contributed by atoms with Crippen LogP contribution in [0.25, 0.3) is 12.2 Å². The van der Waals surface area contributed by atoms with E-state index in [4.69, 9.17) is 4.74 Å². The van der Waals surface area contributed by atoms with Gasteiger partial charge < -0.3 is 4.74 Å². The molecule has 1 nitrogen and oxygen atoms in total. The summed E-state index contributed by atoms with van der Waals surface area (Å²) in [6.07, 6.45) is 4.17. The van der Waals surface area contributed by atoms with Crippen molar-refractivity contribution in [3.8, 4) is 5.75 Å². The molecule has 0 radical (unpaired) electrons. The highest BCUT2D eigenvalue weighted by Gasteiger charge is 1.98. The second-order valence-electron chi connectivity index (χ2n) is 3.99. The van der Waals surface area contributed by atoms with Gasteiger partial charge in [-0.1, -0.05) is 54.6 Å². The highest BCUT2D eigenvalue weighted by molar-refractivity contribution is 5.72. The molecular weight excluding hydrogens is 208 g/mol. The van der Waals surface area contributed by atoms with Crippen LogP contribution in [0.5, 0.6) is 5.75 Å². The lowest BCUT2D eigenvalue weighted by atomic mass is 10.1. The minimum absolute atomic E-state index is 0.914. The molecule has 0 aromatic heterocycles. The van der Waals surface area contributed by atoms with E-state index < -0.39 is 0 Å². The van der Waals surface area contributed by atoms with Crippen LogP contribution < -0.4 is 4.74 Å². The fourth-order valence-corrected chi connectivity index (χ4v) is 1.71. The van der Waals surface area contributed by atoms with Crippen molar-refractivity contribution < 1.29 is 4.74 Å². The summed E-state index contributed by atoms with van der Waals surface area (Å²) in [5.41, 5.74) is 3.50. The van der Waals surface area contributed by atoms with E-state index in [9.17, 15) is 0 Å². The minimum Gasteiger partial charge on any atom is -0.496 e. The van der Waals surface area contributed by atoms with Crippen LogP contribution in [-0.4, -0.2) is 7.11 Å². The summed E-state index contributed by atoms with van der Waals surface area (Å²) in [5, 5.41) is 0. The lowest BCUT2D eigenvalue weighted by molar-refractivity contribution is 0.413. The van der Waals surface area contributed by atoms with Gasteiger partial charge in [-0.3, -0.25) is 0 Å². The van der Waals surface area contributed by atoms with Crippen LogP contribution in [0, 0.1) is 6.92 Å². The molecule has 86 valence electrons. The first-order chi connectivity index (χ1) is 8.29. The first-order valence-corrected chi connectivity index (χ1v) is 5.67. The van der Waals surface area contributed by atoms with Crippen LogP contribution in [0.3, 0.4) is 0 Å². The molecule has 0 aliphatic carbocycles. The number of methoxy groups -OCH3 is 1. The predicted octanol–water partition coefficient (Wildman–Crippen LogP) is 4.17. The number of aryl methyl sites for hydroxylation is 1. The van der Waals surface area contributed by atoms with Crippen molar-refractivity contribution in [2.45, 2.75) is 6.92 Å². The van der Waals surface area contributed by atoms with E-state index in [1.54, 1.807) is 7.11 Å². The summed E-state index contributed by atoms with van der Waals surface area (Å²) < 4.78 is 5.36. The van der Waals surface area contributed by atoms with Crippen LogP contribution in [0.2, 0.25) is 0 Å². The van der Waals surface area contributed by atoms with Gasteiger partial charge in [0.15, 0.2) is 0 Å². The largest absolute Gasteiger partial charge is 0.496 e. The van der Waals surface area contributed by atoms with Crippen LogP contribution in [0.4, 0.5) is 0 Å². The lowest BCUT2D eigenvalue weighted by Crippen LogP contribution is -1.87. The van der Waals surface area contributed by atoms with Gasteiger partial charge in [0.1, 0.15) is 5.75 Å². The lowest BCUT2D eigenvalue weighted by Gasteiger charge is -2.05. The van der Waals surface area contributed by atoms with Crippen molar-refractivity contribution in [1.82, 2.24) is 0 Å². The molecule has 2 aromatic carbocycles. The normalized spacial score (nSPS) is 10.7. The maximum Gasteiger partial charge on any atom is 0.126 e. The summed E-state index contributed by atoms with van der Waals surface area (Å²) >= 11 is 0. The van der Waals surface area contributed by atoms with Gasteiger partial charge in [0, 0.05) is 5.56 Å². The van der Waals surface area contributed by atoms with Gasteiger partial charge in [-0.25, -0.2) is 0 Å². The molecule has 0 saturated carbocycles. The Morgan fingerprint density at radius 2 is 1.71 bits per heavy atom. The molecule has 0 fully saturated rings. The number of rotatable bonds is 3. The van der Waals surface area contributed by atoms with E-state index in [-0.39, 0.29) is 0 Å². The molecule has 0 N–H and O–H groups in total. The van der Waals surface area contributed by atoms with E-state index in [1.807, 2.05) is 24.3 Å². The molecule has 0 atom stereocenters. The number of ether oxygens (including phenoxy) is 1. The van der Waals surface area contributed by atoms with Crippen molar-refractivity contribution in [3.63, 3.8) is 0 Å². The Hall–Kier alpha value is -2.02. The van der Waals surface area contributed by atoms with Crippen molar-refractivity contribution in [2.24, 2.45) is 0 Å². The van der Waals surface area contributed by atoms with Crippen LogP contribution in [0.1, 0.15) is 16.7 Å². The molecule has 2 rings (SSSR count). The van der Waals surface area contributed by atoms with Gasteiger partial charge in [-0.2, -0.15) is 0 Å². The average molecular weight is 224 g/mol. The Balaban J connectivity index is 2.27. The number of hydrogen-bond donors (Lipinski definition) is 0. The topological polar surface area (TPSA) is 9.23 Å². The maximum atomic E-state index is 5.36. The third-order valence-electron chi connectivity index (χ3n) is 2.64. The molecule has 1 heteroatoms. The van der Waals surface area contributed by atoms with Crippen LogP contribution in [0.15, 0.2) is 48.5 Å². The van der Waals surface area contributed by atoms with E-state index in [0.717, 1.165) is 11.3 Å². The Labute approximate surface area is 102 Å². The van der Waals surface area contributed by atoms with Crippen LogP contribution in [-0.2, 0) is 0 Å². The number of hydrogen-bond acceptors (Lipinski definition) is 1. The number of benzene rings is 2. The highest BCUT2D eigenvalue weighted by Crippen LogP contribution is 2.22. The van der Waals surface area contributed by atoms with E-state index in [0.29, 0.717) is 0 Å². The third-order valence-corrected chi connectivity index (χ3v) is 2.64. The maximum absolute atomic E-state index is 5.36. The monoisotopic (exact) mass is 224 g/mol. The molecule has 0 amide bonds. The van der Waals surface area contributed by atoms with Gasteiger partial charge in [0.05, 0.1) is 7.11 Å². The molecular formula is C16H16O. The van der Waals surface area contributed by atoms with Gasteiger partial charge in [-0.15, -0.1) is 0 Å². The Bertz CT molecular complexity index is 512. The summed E-state index contributed by atoms with van der Waals surface area (Å²) in [6.45, 7) is 2.06. The summed E-state index contributed by atoms with van der Waals surface area (Å²) in [5.74, 6) is 0.914. The standard InChI is InChI=1S/C16H16O/c1-13-8-10-15(16(12-13)17-2)11-9-14-6-4-3-5-7-14/h3-12H,1-2H3.